The predicted molar refractivity (Wildman–Crippen MR) is 110 cm³/mol. The highest BCUT2D eigenvalue weighted by Gasteiger charge is 2.25. The van der Waals surface area contributed by atoms with Gasteiger partial charge < -0.3 is 14.4 Å². The molecule has 1 atom stereocenters. The molecule has 152 valence electrons. The minimum atomic E-state index is -3.86. The van der Waals surface area contributed by atoms with Crippen LogP contribution >= 0.6 is 7.60 Å². The Hall–Kier alpha value is -2.61. The van der Waals surface area contributed by atoms with Crippen LogP contribution in [0.2, 0.25) is 0 Å². The summed E-state index contributed by atoms with van der Waals surface area (Å²) in [6.07, 6.45) is 1.22. The van der Waals surface area contributed by atoms with Crippen molar-refractivity contribution in [2.45, 2.75) is 39.3 Å². The van der Waals surface area contributed by atoms with Crippen LogP contribution in [0, 0.1) is 0 Å². The SMILES string of the molecule is CCOP(=O)(O)Cc1nc2nc[nH]c2c2nc(-c3ccc(C(C)(C)C)cc3)nn12. The quantitative estimate of drug-likeness (QED) is 0.478. The van der Waals surface area contributed by atoms with Crippen molar-refractivity contribution in [2.75, 3.05) is 6.61 Å². The largest absolute Gasteiger partial charge is 0.340 e. The molecule has 29 heavy (non-hydrogen) atoms. The van der Waals surface area contributed by atoms with Crippen molar-refractivity contribution in [2.24, 2.45) is 0 Å². The van der Waals surface area contributed by atoms with Crippen LogP contribution in [-0.4, -0.2) is 41.1 Å². The fourth-order valence-electron chi connectivity index (χ4n) is 3.13. The second-order valence-electron chi connectivity index (χ2n) is 7.84. The number of aromatic amines is 1. The second kappa shape index (κ2) is 7.02. The molecular formula is C19H23N6O3P. The third kappa shape index (κ3) is 3.81. The highest BCUT2D eigenvalue weighted by atomic mass is 31.2. The van der Waals surface area contributed by atoms with E-state index in [4.69, 9.17) is 4.52 Å². The van der Waals surface area contributed by atoms with Gasteiger partial charge in [-0.3, -0.25) is 4.57 Å². The maximum Gasteiger partial charge on any atom is 0.335 e. The van der Waals surface area contributed by atoms with Crippen molar-refractivity contribution in [3.05, 3.63) is 42.0 Å². The number of nitrogens with one attached hydrogen (secondary N) is 1. The summed E-state index contributed by atoms with van der Waals surface area (Å²) in [7, 11) is -3.86. The molecule has 0 saturated heterocycles. The van der Waals surface area contributed by atoms with Gasteiger partial charge in [0.25, 0.3) is 0 Å². The normalized spacial score (nSPS) is 14.5. The molecule has 3 aromatic heterocycles. The molecule has 0 aliphatic rings. The van der Waals surface area contributed by atoms with Crippen molar-refractivity contribution >= 4 is 24.4 Å². The molecule has 0 spiro atoms. The zero-order chi connectivity index (χ0) is 20.8. The Morgan fingerprint density at radius 3 is 2.59 bits per heavy atom. The van der Waals surface area contributed by atoms with Gasteiger partial charge in [-0.15, -0.1) is 5.10 Å². The van der Waals surface area contributed by atoms with Gasteiger partial charge in [0.2, 0.25) is 0 Å². The third-order valence-electron chi connectivity index (χ3n) is 4.61. The molecule has 1 aromatic carbocycles. The van der Waals surface area contributed by atoms with Crippen LogP contribution in [-0.2, 0) is 20.7 Å². The zero-order valence-electron chi connectivity index (χ0n) is 16.7. The Bertz CT molecular complexity index is 1220. The molecule has 0 bridgehead atoms. The molecule has 0 saturated carbocycles. The lowest BCUT2D eigenvalue weighted by molar-refractivity contribution is 0.272. The lowest BCUT2D eigenvalue weighted by Crippen LogP contribution is -2.10. The van der Waals surface area contributed by atoms with E-state index in [0.29, 0.717) is 22.6 Å². The second-order valence-corrected chi connectivity index (χ2v) is 9.69. The first kappa shape index (κ1) is 19.7. The van der Waals surface area contributed by atoms with Crippen LogP contribution in [0.3, 0.4) is 0 Å². The fourth-order valence-corrected chi connectivity index (χ4v) is 4.19. The average Bonchev–Trinajstić information content (AvgIpc) is 3.27. The minimum Gasteiger partial charge on any atom is -0.340 e. The van der Waals surface area contributed by atoms with Crippen LogP contribution in [0.1, 0.15) is 39.1 Å². The first-order chi connectivity index (χ1) is 13.7. The van der Waals surface area contributed by atoms with E-state index >= 15 is 0 Å². The van der Waals surface area contributed by atoms with Crippen LogP contribution < -0.4 is 0 Å². The summed E-state index contributed by atoms with van der Waals surface area (Å²) in [6, 6.07) is 8.07. The number of H-pyrrole nitrogens is 1. The molecule has 9 nitrogen and oxygen atoms in total. The Kier molecular flexibility index (Phi) is 4.77. The summed E-state index contributed by atoms with van der Waals surface area (Å²) in [5, 5.41) is 4.56. The Morgan fingerprint density at radius 1 is 1.21 bits per heavy atom. The van der Waals surface area contributed by atoms with Crippen LogP contribution in [0.25, 0.3) is 28.2 Å². The van der Waals surface area contributed by atoms with Crippen LogP contribution in [0.4, 0.5) is 0 Å². The Balaban J connectivity index is 1.84. The fraction of sp³-hybridized carbons (Fsp3) is 0.368. The molecular weight excluding hydrogens is 391 g/mol. The van der Waals surface area contributed by atoms with Gasteiger partial charge >= 0.3 is 7.60 Å². The third-order valence-corrected chi connectivity index (χ3v) is 5.95. The van der Waals surface area contributed by atoms with Crippen molar-refractivity contribution in [3.63, 3.8) is 0 Å². The maximum absolute atomic E-state index is 12.3. The number of aromatic nitrogens is 6. The highest BCUT2D eigenvalue weighted by molar-refractivity contribution is 7.51. The average molecular weight is 414 g/mol. The summed E-state index contributed by atoms with van der Waals surface area (Å²) in [5.41, 5.74) is 3.62. The van der Waals surface area contributed by atoms with Gasteiger partial charge in [-0.25, -0.2) is 15.0 Å². The molecule has 0 fully saturated rings. The topological polar surface area (TPSA) is 118 Å². The number of hydrogen-bond donors (Lipinski definition) is 2. The molecule has 3 heterocycles. The van der Waals surface area contributed by atoms with Crippen LogP contribution in [0.15, 0.2) is 30.6 Å². The minimum absolute atomic E-state index is 0.0472. The zero-order valence-corrected chi connectivity index (χ0v) is 17.6. The standard InChI is InChI=1S/C19H23N6O3P/c1-5-28-29(26,27)10-14-22-17-15(20-11-21-17)18-23-16(24-25(14)18)12-6-8-13(9-7-12)19(2,3)4/h6-9,11H,5,10H2,1-4H3,(H,20,21)(H,26,27). The number of fused-ring (bicyclic) bond motifs is 3. The molecule has 4 aromatic rings. The lowest BCUT2D eigenvalue weighted by Gasteiger charge is -2.18. The number of imidazole rings is 1. The Morgan fingerprint density at radius 2 is 1.93 bits per heavy atom. The highest BCUT2D eigenvalue weighted by Crippen LogP contribution is 2.45. The Labute approximate surface area is 167 Å². The van der Waals surface area contributed by atoms with Crippen LogP contribution in [0.5, 0.6) is 0 Å². The number of nitrogens with zero attached hydrogens (tertiary/aromatic N) is 5. The van der Waals surface area contributed by atoms with Crippen molar-refractivity contribution in [1.29, 1.82) is 0 Å². The molecule has 0 amide bonds. The van der Waals surface area contributed by atoms with E-state index in [1.54, 1.807) is 6.92 Å². The molecule has 0 aliphatic carbocycles. The summed E-state index contributed by atoms with van der Waals surface area (Å²) >= 11 is 0. The summed E-state index contributed by atoms with van der Waals surface area (Å²) in [5.74, 6) is 0.767. The van der Waals surface area contributed by atoms with Gasteiger partial charge in [0.15, 0.2) is 17.1 Å². The summed E-state index contributed by atoms with van der Waals surface area (Å²) < 4.78 is 18.8. The first-order valence-electron chi connectivity index (χ1n) is 9.34. The van der Waals surface area contributed by atoms with Crippen molar-refractivity contribution in [1.82, 2.24) is 29.5 Å². The van der Waals surface area contributed by atoms with Gasteiger partial charge in [-0.2, -0.15) is 4.52 Å². The van der Waals surface area contributed by atoms with Gasteiger partial charge in [-0.1, -0.05) is 45.0 Å². The van der Waals surface area contributed by atoms with Gasteiger partial charge in [-0.05, 0) is 17.9 Å². The number of rotatable bonds is 5. The molecule has 4 rings (SSSR count). The van der Waals surface area contributed by atoms with E-state index < -0.39 is 7.60 Å². The van der Waals surface area contributed by atoms with Gasteiger partial charge in [0.1, 0.15) is 17.5 Å². The lowest BCUT2D eigenvalue weighted by atomic mass is 9.87. The predicted octanol–water partition coefficient (Wildman–Crippen LogP) is 3.69. The van der Waals surface area contributed by atoms with Gasteiger partial charge in [0, 0.05) is 5.56 Å². The molecule has 1 unspecified atom stereocenters. The first-order valence-corrected chi connectivity index (χ1v) is 11.1. The monoisotopic (exact) mass is 414 g/mol. The van der Waals surface area contributed by atoms with E-state index in [1.165, 1.54) is 16.4 Å². The number of hydrogen-bond acceptors (Lipinski definition) is 6. The van der Waals surface area contributed by atoms with E-state index in [2.05, 4.69) is 57.9 Å². The molecule has 10 heteroatoms. The van der Waals surface area contributed by atoms with E-state index in [0.717, 1.165) is 5.56 Å². The molecule has 0 aliphatic heterocycles. The van der Waals surface area contributed by atoms with E-state index in [-0.39, 0.29) is 24.0 Å². The van der Waals surface area contributed by atoms with E-state index in [9.17, 15) is 9.46 Å². The molecule has 0 radical (unpaired) electrons. The number of benzene rings is 1. The maximum atomic E-state index is 12.3. The van der Waals surface area contributed by atoms with Gasteiger partial charge in [0.05, 0.1) is 12.9 Å². The smallest absolute Gasteiger partial charge is 0.335 e. The van der Waals surface area contributed by atoms with Crippen molar-refractivity contribution < 1.29 is 14.0 Å². The summed E-state index contributed by atoms with van der Waals surface area (Å²) in [6.45, 7) is 8.26. The summed E-state index contributed by atoms with van der Waals surface area (Å²) in [4.78, 5) is 26.3. The van der Waals surface area contributed by atoms with E-state index in [1.807, 2.05) is 12.1 Å². The van der Waals surface area contributed by atoms with Crippen molar-refractivity contribution in [3.8, 4) is 11.4 Å². The molecule has 2 N–H and O–H groups in total.